The highest BCUT2D eigenvalue weighted by molar-refractivity contribution is 6.02. The molecule has 0 saturated carbocycles. The molecule has 2 aromatic carbocycles. The largest absolute Gasteiger partial charge is 0.486 e. The molecule has 1 aliphatic rings. The summed E-state index contributed by atoms with van der Waals surface area (Å²) in [6.07, 6.45) is 1.71. The van der Waals surface area contributed by atoms with Crippen LogP contribution >= 0.6 is 0 Å². The van der Waals surface area contributed by atoms with Gasteiger partial charge in [-0.3, -0.25) is 4.79 Å². The van der Waals surface area contributed by atoms with Crippen LogP contribution in [-0.2, 0) is 6.73 Å². The maximum absolute atomic E-state index is 12.4. The predicted octanol–water partition coefficient (Wildman–Crippen LogP) is 3.25. The smallest absolute Gasteiger partial charge is 0.276 e. The molecule has 3 aromatic rings. The van der Waals surface area contributed by atoms with E-state index >= 15 is 0 Å². The summed E-state index contributed by atoms with van der Waals surface area (Å²) in [7, 11) is 0. The van der Waals surface area contributed by atoms with Gasteiger partial charge in [0, 0.05) is 18.0 Å². The zero-order valence-electron chi connectivity index (χ0n) is 14.8. The number of fused-ring (bicyclic) bond motifs is 1. The average molecular weight is 365 g/mol. The molecule has 0 aliphatic carbocycles. The first-order valence-corrected chi connectivity index (χ1v) is 8.62. The molecule has 7 heteroatoms. The number of aryl methyl sites for hydroxylation is 1. The number of nitrogens with zero attached hydrogens (tertiary/aromatic N) is 2. The number of nitrogens with one attached hydrogen (secondary N) is 1. The molecule has 4 rings (SSSR count). The number of benzene rings is 2. The van der Waals surface area contributed by atoms with Crippen molar-refractivity contribution < 1.29 is 19.0 Å². The highest BCUT2D eigenvalue weighted by atomic mass is 16.6. The van der Waals surface area contributed by atoms with Crippen LogP contribution in [0.2, 0.25) is 0 Å². The minimum atomic E-state index is -0.304. The third-order valence-electron chi connectivity index (χ3n) is 4.12. The van der Waals surface area contributed by atoms with E-state index in [9.17, 15) is 4.79 Å². The second-order valence-corrected chi connectivity index (χ2v) is 6.09. The zero-order valence-corrected chi connectivity index (χ0v) is 14.8. The van der Waals surface area contributed by atoms with Crippen molar-refractivity contribution in [2.45, 2.75) is 13.7 Å². The average Bonchev–Trinajstić information content (AvgIpc) is 3.16. The first-order valence-electron chi connectivity index (χ1n) is 8.62. The van der Waals surface area contributed by atoms with Gasteiger partial charge in [0.05, 0.1) is 0 Å². The Morgan fingerprint density at radius 3 is 2.81 bits per heavy atom. The lowest BCUT2D eigenvalue weighted by Gasteiger charge is -2.18. The SMILES string of the molecule is Cc1ccccc1OCn1ccc(C(=O)Nc2ccc3c(c2)OCCO3)n1. The quantitative estimate of drug-likeness (QED) is 0.751. The standard InChI is InChI=1S/C20H19N3O4/c1-14-4-2-3-5-17(14)27-13-23-9-8-16(22-23)20(24)21-15-6-7-18-19(12-15)26-11-10-25-18/h2-9,12H,10-11,13H2,1H3,(H,21,24). The van der Waals surface area contributed by atoms with Gasteiger partial charge in [-0.1, -0.05) is 18.2 Å². The van der Waals surface area contributed by atoms with E-state index in [0.29, 0.717) is 36.1 Å². The first-order chi connectivity index (χ1) is 13.2. The lowest BCUT2D eigenvalue weighted by atomic mass is 10.2. The number of rotatable bonds is 5. The molecule has 0 atom stereocenters. The Morgan fingerprint density at radius 2 is 1.96 bits per heavy atom. The summed E-state index contributed by atoms with van der Waals surface area (Å²) in [4.78, 5) is 12.4. The van der Waals surface area contributed by atoms with Crippen LogP contribution < -0.4 is 19.5 Å². The van der Waals surface area contributed by atoms with Gasteiger partial charge in [0.1, 0.15) is 19.0 Å². The van der Waals surface area contributed by atoms with Crippen LogP contribution in [0, 0.1) is 6.92 Å². The molecule has 0 bridgehead atoms. The lowest BCUT2D eigenvalue weighted by molar-refractivity contribution is 0.102. The van der Waals surface area contributed by atoms with Gasteiger partial charge in [0.25, 0.3) is 5.91 Å². The van der Waals surface area contributed by atoms with Gasteiger partial charge < -0.3 is 19.5 Å². The molecule has 27 heavy (non-hydrogen) atoms. The summed E-state index contributed by atoms with van der Waals surface area (Å²) < 4.78 is 18.3. The molecule has 1 N–H and O–H groups in total. The number of carbonyl (C=O) groups excluding carboxylic acids is 1. The summed E-state index contributed by atoms with van der Waals surface area (Å²) >= 11 is 0. The minimum Gasteiger partial charge on any atom is -0.486 e. The van der Waals surface area contributed by atoms with Crippen molar-refractivity contribution in [1.29, 1.82) is 0 Å². The number of para-hydroxylation sites is 1. The Hall–Kier alpha value is -3.48. The van der Waals surface area contributed by atoms with Gasteiger partial charge in [0.15, 0.2) is 23.9 Å². The van der Waals surface area contributed by atoms with E-state index < -0.39 is 0 Å². The Bertz CT molecular complexity index is 967. The summed E-state index contributed by atoms with van der Waals surface area (Å²) in [5.41, 5.74) is 1.97. The predicted molar refractivity (Wildman–Crippen MR) is 99.4 cm³/mol. The van der Waals surface area contributed by atoms with Gasteiger partial charge in [-0.15, -0.1) is 0 Å². The van der Waals surface area contributed by atoms with Gasteiger partial charge in [-0.25, -0.2) is 4.68 Å². The third-order valence-corrected chi connectivity index (χ3v) is 4.12. The third kappa shape index (κ3) is 3.87. The van der Waals surface area contributed by atoms with Crippen molar-refractivity contribution in [3.63, 3.8) is 0 Å². The second-order valence-electron chi connectivity index (χ2n) is 6.09. The molecular formula is C20H19N3O4. The normalized spacial score (nSPS) is 12.5. The maximum Gasteiger partial charge on any atom is 0.276 e. The number of aromatic nitrogens is 2. The molecule has 138 valence electrons. The highest BCUT2D eigenvalue weighted by Crippen LogP contribution is 2.32. The van der Waals surface area contributed by atoms with Crippen molar-refractivity contribution in [3.05, 3.63) is 66.0 Å². The van der Waals surface area contributed by atoms with Crippen LogP contribution in [0.4, 0.5) is 5.69 Å². The van der Waals surface area contributed by atoms with Crippen molar-refractivity contribution in [2.75, 3.05) is 18.5 Å². The monoisotopic (exact) mass is 365 g/mol. The Kier molecular flexibility index (Phi) is 4.65. The van der Waals surface area contributed by atoms with Crippen molar-refractivity contribution >= 4 is 11.6 Å². The van der Waals surface area contributed by atoms with Gasteiger partial charge in [-0.2, -0.15) is 5.10 Å². The highest BCUT2D eigenvalue weighted by Gasteiger charge is 2.15. The van der Waals surface area contributed by atoms with E-state index in [0.717, 1.165) is 11.3 Å². The fraction of sp³-hybridized carbons (Fsp3) is 0.200. The van der Waals surface area contributed by atoms with Crippen LogP contribution in [0.25, 0.3) is 0 Å². The number of ether oxygens (including phenoxy) is 3. The number of hydrogen-bond acceptors (Lipinski definition) is 5. The molecule has 0 unspecified atom stereocenters. The number of carbonyl (C=O) groups is 1. The van der Waals surface area contributed by atoms with Crippen LogP contribution in [0.15, 0.2) is 54.7 Å². The van der Waals surface area contributed by atoms with E-state index in [1.165, 1.54) is 0 Å². The molecule has 0 spiro atoms. The van der Waals surface area contributed by atoms with Crippen LogP contribution in [0.3, 0.4) is 0 Å². The zero-order chi connectivity index (χ0) is 18.6. The second kappa shape index (κ2) is 7.41. The first kappa shape index (κ1) is 17.0. The van der Waals surface area contributed by atoms with Crippen molar-refractivity contribution in [3.8, 4) is 17.2 Å². The Balaban J connectivity index is 1.39. The molecule has 2 heterocycles. The number of amides is 1. The molecule has 1 amide bonds. The van der Waals surface area contributed by atoms with E-state index in [4.69, 9.17) is 14.2 Å². The molecule has 7 nitrogen and oxygen atoms in total. The molecule has 0 radical (unpaired) electrons. The van der Waals surface area contributed by atoms with Crippen LogP contribution in [0.1, 0.15) is 16.1 Å². The summed E-state index contributed by atoms with van der Waals surface area (Å²) in [5, 5.41) is 7.08. The van der Waals surface area contributed by atoms with E-state index in [1.54, 1.807) is 35.1 Å². The molecule has 0 fully saturated rings. The topological polar surface area (TPSA) is 74.6 Å². The van der Waals surface area contributed by atoms with E-state index in [1.807, 2.05) is 31.2 Å². The summed E-state index contributed by atoms with van der Waals surface area (Å²) in [5.74, 6) is 1.78. The van der Waals surface area contributed by atoms with E-state index in [-0.39, 0.29) is 12.6 Å². The Morgan fingerprint density at radius 1 is 1.15 bits per heavy atom. The van der Waals surface area contributed by atoms with Crippen molar-refractivity contribution in [2.24, 2.45) is 0 Å². The summed E-state index contributed by atoms with van der Waals surface area (Å²) in [6, 6.07) is 14.7. The van der Waals surface area contributed by atoms with Crippen LogP contribution in [-0.4, -0.2) is 28.9 Å². The maximum atomic E-state index is 12.4. The lowest BCUT2D eigenvalue weighted by Crippen LogP contribution is -2.17. The fourth-order valence-corrected chi connectivity index (χ4v) is 2.72. The van der Waals surface area contributed by atoms with Gasteiger partial charge in [0.2, 0.25) is 0 Å². The molecule has 0 saturated heterocycles. The van der Waals surface area contributed by atoms with E-state index in [2.05, 4.69) is 10.4 Å². The number of hydrogen-bond donors (Lipinski definition) is 1. The molecular weight excluding hydrogens is 346 g/mol. The van der Waals surface area contributed by atoms with Gasteiger partial charge in [-0.05, 0) is 36.8 Å². The van der Waals surface area contributed by atoms with Crippen molar-refractivity contribution in [1.82, 2.24) is 9.78 Å². The summed E-state index contributed by atoms with van der Waals surface area (Å²) in [6.45, 7) is 3.23. The Labute approximate surface area is 156 Å². The molecule has 1 aliphatic heterocycles. The number of anilines is 1. The fourth-order valence-electron chi connectivity index (χ4n) is 2.72. The van der Waals surface area contributed by atoms with Gasteiger partial charge >= 0.3 is 0 Å². The molecule has 1 aromatic heterocycles. The van der Waals surface area contributed by atoms with Crippen LogP contribution in [0.5, 0.6) is 17.2 Å². The minimum absolute atomic E-state index is 0.224.